The molecule has 3 aromatic carbocycles. The van der Waals surface area contributed by atoms with E-state index in [2.05, 4.69) is 22.9 Å². The Hall–Kier alpha value is -3.81. The lowest BCUT2D eigenvalue weighted by Gasteiger charge is -2.16. The quantitative estimate of drug-likeness (QED) is 0.268. The van der Waals surface area contributed by atoms with E-state index in [1.54, 1.807) is 12.3 Å². The second kappa shape index (κ2) is 9.99. The Balaban J connectivity index is 1.75. The van der Waals surface area contributed by atoms with Crippen molar-refractivity contribution in [2.75, 3.05) is 4.72 Å². The maximum atomic E-state index is 12.8. The van der Waals surface area contributed by atoms with Crippen LogP contribution in [-0.2, 0) is 10.0 Å². The number of nitrogens with one attached hydrogen (secondary N) is 1. The molecule has 34 heavy (non-hydrogen) atoms. The lowest BCUT2D eigenvalue weighted by atomic mass is 10.0. The summed E-state index contributed by atoms with van der Waals surface area (Å²) in [4.78, 5) is 5.75. The highest BCUT2D eigenvalue weighted by Gasteiger charge is 2.19. The summed E-state index contributed by atoms with van der Waals surface area (Å²) in [5, 5.41) is 13.0. The lowest BCUT2D eigenvalue weighted by molar-refractivity contribution is 0.461. The molecule has 7 heteroatoms. The molecule has 0 aliphatic carbocycles. The Bertz CT molecular complexity index is 1510. The van der Waals surface area contributed by atoms with Crippen LogP contribution in [0.4, 0.5) is 5.69 Å². The maximum absolute atomic E-state index is 12.8. The number of hydrogen-bond donors (Lipinski definition) is 2. The molecule has 0 saturated heterocycles. The molecular weight excluding hydrogens is 464 g/mol. The molecule has 0 saturated carbocycles. The van der Waals surface area contributed by atoms with Gasteiger partial charge in [0.25, 0.3) is 10.0 Å². The third-order valence-electron chi connectivity index (χ3n) is 5.06. The summed E-state index contributed by atoms with van der Waals surface area (Å²) < 4.78 is 28.3. The SMILES string of the molecule is C=Cc1c(NS(=O)(=O)/C=C/c2ccccc2)cc(Sc2cccc3cccnc23)c(O)c1C=C. The second-order valence-corrected chi connectivity index (χ2v) is 9.95. The zero-order valence-corrected chi connectivity index (χ0v) is 19.8. The summed E-state index contributed by atoms with van der Waals surface area (Å²) in [6.45, 7) is 7.58. The number of phenols is 1. The normalized spacial score (nSPS) is 11.5. The molecular formula is C27H22N2O3S2. The minimum absolute atomic E-state index is 0.00869. The van der Waals surface area contributed by atoms with Gasteiger partial charge in [-0.2, -0.15) is 0 Å². The van der Waals surface area contributed by atoms with Crippen LogP contribution in [0.1, 0.15) is 16.7 Å². The van der Waals surface area contributed by atoms with Gasteiger partial charge in [-0.3, -0.25) is 9.71 Å². The molecule has 0 unspecified atom stereocenters. The van der Waals surface area contributed by atoms with Crippen molar-refractivity contribution in [2.24, 2.45) is 0 Å². The third kappa shape index (κ3) is 5.06. The fourth-order valence-corrected chi connectivity index (χ4v) is 5.38. The fraction of sp³-hybridized carbons (Fsp3) is 0. The minimum atomic E-state index is -3.84. The first kappa shape index (κ1) is 23.4. The molecule has 4 rings (SSSR count). The van der Waals surface area contributed by atoms with Gasteiger partial charge in [0, 0.05) is 27.6 Å². The van der Waals surface area contributed by atoms with E-state index < -0.39 is 10.0 Å². The van der Waals surface area contributed by atoms with E-state index in [1.165, 1.54) is 30.0 Å². The Kier molecular flexibility index (Phi) is 6.86. The highest BCUT2D eigenvalue weighted by atomic mass is 32.2. The topological polar surface area (TPSA) is 79.3 Å². The zero-order chi connectivity index (χ0) is 24.1. The van der Waals surface area contributed by atoms with Crippen molar-refractivity contribution in [2.45, 2.75) is 9.79 Å². The Morgan fingerprint density at radius 2 is 1.65 bits per heavy atom. The number of aromatic hydroxyl groups is 1. The van der Waals surface area contributed by atoms with Crippen LogP contribution in [0.2, 0.25) is 0 Å². The molecule has 0 aliphatic heterocycles. The van der Waals surface area contributed by atoms with Crippen molar-refractivity contribution in [3.63, 3.8) is 0 Å². The first-order valence-corrected chi connectivity index (χ1v) is 12.7. The van der Waals surface area contributed by atoms with Gasteiger partial charge in [-0.15, -0.1) is 0 Å². The molecule has 1 heterocycles. The molecule has 0 bridgehead atoms. The van der Waals surface area contributed by atoms with Crippen LogP contribution in [0.15, 0.2) is 101 Å². The van der Waals surface area contributed by atoms with Crippen LogP contribution in [0, 0.1) is 0 Å². The number of sulfonamides is 1. The predicted molar refractivity (Wildman–Crippen MR) is 142 cm³/mol. The van der Waals surface area contributed by atoms with Gasteiger partial charge >= 0.3 is 0 Å². The molecule has 5 nitrogen and oxygen atoms in total. The average Bonchev–Trinajstić information content (AvgIpc) is 2.85. The first-order chi connectivity index (χ1) is 16.4. The molecule has 1 aromatic heterocycles. The number of aromatic nitrogens is 1. The van der Waals surface area contributed by atoms with E-state index in [0.29, 0.717) is 16.0 Å². The number of nitrogens with zero attached hydrogens (tertiary/aromatic N) is 1. The Labute approximate surface area is 203 Å². The van der Waals surface area contributed by atoms with Crippen molar-refractivity contribution in [3.05, 3.63) is 108 Å². The smallest absolute Gasteiger partial charge is 0.255 e. The molecule has 0 aliphatic rings. The zero-order valence-electron chi connectivity index (χ0n) is 18.2. The standard InChI is InChI=1S/C27H22N2O3S2/c1-3-21-22(4-2)27(30)25(33-24-14-8-12-20-13-9-16-28-26(20)24)18-23(21)29-34(31,32)17-15-19-10-6-5-7-11-19/h3-18,29-30H,1-2H2/b17-15+. The van der Waals surface area contributed by atoms with E-state index in [9.17, 15) is 13.5 Å². The van der Waals surface area contributed by atoms with Gasteiger partial charge in [0.2, 0.25) is 0 Å². The number of anilines is 1. The van der Waals surface area contributed by atoms with Crippen molar-refractivity contribution in [1.29, 1.82) is 0 Å². The summed E-state index contributed by atoms with van der Waals surface area (Å²) in [6.07, 6.45) is 6.20. The lowest BCUT2D eigenvalue weighted by Crippen LogP contribution is -2.10. The van der Waals surface area contributed by atoms with Crippen molar-refractivity contribution < 1.29 is 13.5 Å². The number of fused-ring (bicyclic) bond motifs is 1. The highest BCUT2D eigenvalue weighted by molar-refractivity contribution is 7.99. The first-order valence-electron chi connectivity index (χ1n) is 10.3. The molecule has 0 atom stereocenters. The van der Waals surface area contributed by atoms with Crippen LogP contribution >= 0.6 is 11.8 Å². The van der Waals surface area contributed by atoms with E-state index >= 15 is 0 Å². The number of para-hydroxylation sites is 1. The largest absolute Gasteiger partial charge is 0.506 e. The molecule has 0 radical (unpaired) electrons. The van der Waals surface area contributed by atoms with Gasteiger partial charge in [0.1, 0.15) is 5.75 Å². The molecule has 0 amide bonds. The highest BCUT2D eigenvalue weighted by Crippen LogP contribution is 2.43. The van der Waals surface area contributed by atoms with Crippen LogP contribution in [0.25, 0.3) is 29.1 Å². The molecule has 0 spiro atoms. The van der Waals surface area contributed by atoms with Crippen molar-refractivity contribution in [3.8, 4) is 5.75 Å². The maximum Gasteiger partial charge on any atom is 0.255 e. The van der Waals surface area contributed by atoms with Gasteiger partial charge in [-0.25, -0.2) is 8.42 Å². The summed E-state index contributed by atoms with van der Waals surface area (Å²) in [6, 6.07) is 20.3. The number of benzene rings is 3. The van der Waals surface area contributed by atoms with Gasteiger partial charge in [-0.05, 0) is 29.8 Å². The number of hydrogen-bond acceptors (Lipinski definition) is 5. The molecule has 170 valence electrons. The fourth-order valence-electron chi connectivity index (χ4n) is 3.47. The second-order valence-electron chi connectivity index (χ2n) is 7.30. The van der Waals surface area contributed by atoms with Crippen molar-refractivity contribution in [1.82, 2.24) is 4.98 Å². The average molecular weight is 487 g/mol. The number of phenolic OH excluding ortho intramolecular Hbond substituents is 1. The third-order valence-corrected chi connectivity index (χ3v) is 7.14. The van der Waals surface area contributed by atoms with Gasteiger partial charge in [0.15, 0.2) is 0 Å². The minimum Gasteiger partial charge on any atom is -0.506 e. The Morgan fingerprint density at radius 1 is 0.912 bits per heavy atom. The van der Waals surface area contributed by atoms with E-state index in [-0.39, 0.29) is 11.4 Å². The summed E-state index contributed by atoms with van der Waals surface area (Å²) in [7, 11) is -3.84. The monoisotopic (exact) mass is 486 g/mol. The summed E-state index contributed by atoms with van der Waals surface area (Å²) in [5.41, 5.74) is 2.66. The molecule has 2 N–H and O–H groups in total. The van der Waals surface area contributed by atoms with E-state index in [1.807, 2.05) is 60.7 Å². The Morgan fingerprint density at radius 3 is 2.38 bits per heavy atom. The van der Waals surface area contributed by atoms with Gasteiger partial charge in [0.05, 0.1) is 21.5 Å². The van der Waals surface area contributed by atoms with Gasteiger partial charge < -0.3 is 5.11 Å². The summed E-state index contributed by atoms with van der Waals surface area (Å²) in [5.74, 6) is -0.00869. The molecule has 4 aromatic rings. The number of pyridine rings is 1. The van der Waals surface area contributed by atoms with Crippen LogP contribution in [0.5, 0.6) is 5.75 Å². The van der Waals surface area contributed by atoms with Gasteiger partial charge in [-0.1, -0.05) is 85.6 Å². The van der Waals surface area contributed by atoms with Crippen LogP contribution in [0.3, 0.4) is 0 Å². The molecule has 0 fully saturated rings. The van der Waals surface area contributed by atoms with E-state index in [0.717, 1.165) is 26.8 Å². The van der Waals surface area contributed by atoms with Crippen LogP contribution in [-0.4, -0.2) is 18.5 Å². The van der Waals surface area contributed by atoms with Crippen LogP contribution < -0.4 is 4.72 Å². The van der Waals surface area contributed by atoms with Crippen molar-refractivity contribution >= 4 is 56.6 Å². The number of rotatable bonds is 8. The predicted octanol–water partition coefficient (Wildman–Crippen LogP) is 6.79. The summed E-state index contributed by atoms with van der Waals surface area (Å²) >= 11 is 1.30. The van der Waals surface area contributed by atoms with E-state index in [4.69, 9.17) is 0 Å².